The lowest BCUT2D eigenvalue weighted by Gasteiger charge is -2.33. The number of rotatable bonds is 3. The van der Waals surface area contributed by atoms with Gasteiger partial charge in [-0.15, -0.1) is 12.4 Å². The molecular weight excluding hydrogens is 228 g/mol. The van der Waals surface area contributed by atoms with Crippen molar-refractivity contribution in [2.24, 2.45) is 11.7 Å². The van der Waals surface area contributed by atoms with Crippen LogP contribution in [0.2, 0.25) is 0 Å². The van der Waals surface area contributed by atoms with Crippen LogP contribution in [-0.4, -0.2) is 43.2 Å². The third-order valence-corrected chi connectivity index (χ3v) is 3.27. The molecule has 2 N–H and O–H groups in total. The molecule has 16 heavy (non-hydrogen) atoms. The van der Waals surface area contributed by atoms with Gasteiger partial charge < -0.3 is 15.4 Å². The standard InChI is InChI=1S/C11H22N2O2.ClH/c1-8(9(2)12)11(14)13-6-4-10(15-3)5-7-13;/h8-10H,4-7,12H2,1-3H3;1H. The number of hydrogen-bond acceptors (Lipinski definition) is 3. The van der Waals surface area contributed by atoms with Gasteiger partial charge in [0.1, 0.15) is 0 Å². The Morgan fingerprint density at radius 2 is 1.88 bits per heavy atom. The molecule has 0 bridgehead atoms. The lowest BCUT2D eigenvalue weighted by Crippen LogP contribution is -2.46. The van der Waals surface area contributed by atoms with Crippen molar-refractivity contribution in [2.45, 2.75) is 38.8 Å². The third kappa shape index (κ3) is 3.92. The molecule has 0 aromatic heterocycles. The van der Waals surface area contributed by atoms with Gasteiger partial charge in [0, 0.05) is 26.2 Å². The van der Waals surface area contributed by atoms with E-state index in [0.29, 0.717) is 6.10 Å². The normalized spacial score (nSPS) is 21.1. The van der Waals surface area contributed by atoms with Gasteiger partial charge in [-0.3, -0.25) is 4.79 Å². The molecule has 2 unspecified atom stereocenters. The average molecular weight is 251 g/mol. The molecule has 1 rings (SSSR count). The van der Waals surface area contributed by atoms with E-state index in [1.54, 1.807) is 7.11 Å². The Hall–Kier alpha value is -0.320. The molecular formula is C11H23ClN2O2. The molecule has 1 aliphatic heterocycles. The third-order valence-electron chi connectivity index (χ3n) is 3.27. The van der Waals surface area contributed by atoms with E-state index in [9.17, 15) is 4.79 Å². The van der Waals surface area contributed by atoms with E-state index < -0.39 is 0 Å². The van der Waals surface area contributed by atoms with E-state index in [-0.39, 0.29) is 30.3 Å². The zero-order valence-electron chi connectivity index (χ0n) is 10.3. The Morgan fingerprint density at radius 1 is 1.38 bits per heavy atom. The van der Waals surface area contributed by atoms with Crippen molar-refractivity contribution in [3.63, 3.8) is 0 Å². The molecule has 1 saturated heterocycles. The van der Waals surface area contributed by atoms with Gasteiger partial charge in [0.15, 0.2) is 0 Å². The molecule has 0 aromatic rings. The highest BCUT2D eigenvalue weighted by Gasteiger charge is 2.27. The van der Waals surface area contributed by atoms with Gasteiger partial charge in [-0.1, -0.05) is 6.92 Å². The second-order valence-electron chi connectivity index (χ2n) is 4.41. The highest BCUT2D eigenvalue weighted by atomic mass is 35.5. The van der Waals surface area contributed by atoms with E-state index in [1.165, 1.54) is 0 Å². The first-order valence-corrected chi connectivity index (χ1v) is 5.63. The van der Waals surface area contributed by atoms with E-state index in [1.807, 2.05) is 18.7 Å². The summed E-state index contributed by atoms with van der Waals surface area (Å²) >= 11 is 0. The van der Waals surface area contributed by atoms with Crippen molar-refractivity contribution < 1.29 is 9.53 Å². The fourth-order valence-corrected chi connectivity index (χ4v) is 1.82. The number of nitrogens with zero attached hydrogens (tertiary/aromatic N) is 1. The second-order valence-corrected chi connectivity index (χ2v) is 4.41. The minimum Gasteiger partial charge on any atom is -0.381 e. The van der Waals surface area contributed by atoms with Crippen LogP contribution in [0.1, 0.15) is 26.7 Å². The maximum absolute atomic E-state index is 11.9. The largest absolute Gasteiger partial charge is 0.381 e. The van der Waals surface area contributed by atoms with Crippen molar-refractivity contribution >= 4 is 18.3 Å². The number of piperidine rings is 1. The quantitative estimate of drug-likeness (QED) is 0.814. The van der Waals surface area contributed by atoms with Gasteiger partial charge in [0.05, 0.1) is 12.0 Å². The molecule has 1 amide bonds. The molecule has 4 nitrogen and oxygen atoms in total. The van der Waals surface area contributed by atoms with Gasteiger partial charge >= 0.3 is 0 Å². The Balaban J connectivity index is 0.00000225. The maximum Gasteiger partial charge on any atom is 0.226 e. The first-order valence-electron chi connectivity index (χ1n) is 5.63. The Bertz CT molecular complexity index is 216. The molecule has 0 aliphatic carbocycles. The SMILES string of the molecule is COC1CCN(C(=O)C(C)C(C)N)CC1.Cl. The summed E-state index contributed by atoms with van der Waals surface area (Å²) in [4.78, 5) is 13.8. The van der Waals surface area contributed by atoms with Crippen LogP contribution in [0.25, 0.3) is 0 Å². The van der Waals surface area contributed by atoms with Gasteiger partial charge in [-0.25, -0.2) is 0 Å². The molecule has 1 aliphatic rings. The van der Waals surface area contributed by atoms with Crippen LogP contribution in [0.4, 0.5) is 0 Å². The van der Waals surface area contributed by atoms with Crippen LogP contribution >= 0.6 is 12.4 Å². The van der Waals surface area contributed by atoms with Crippen LogP contribution in [0.5, 0.6) is 0 Å². The van der Waals surface area contributed by atoms with Crippen LogP contribution < -0.4 is 5.73 Å². The van der Waals surface area contributed by atoms with Gasteiger partial charge in [0.25, 0.3) is 0 Å². The summed E-state index contributed by atoms with van der Waals surface area (Å²) in [6.45, 7) is 5.38. The summed E-state index contributed by atoms with van der Waals surface area (Å²) < 4.78 is 5.26. The summed E-state index contributed by atoms with van der Waals surface area (Å²) in [6.07, 6.45) is 2.20. The Labute approximate surface area is 104 Å². The highest BCUT2D eigenvalue weighted by Crippen LogP contribution is 2.16. The first kappa shape index (κ1) is 15.7. The number of methoxy groups -OCH3 is 1. The predicted octanol–water partition coefficient (Wildman–Crippen LogP) is 1.03. The Morgan fingerprint density at radius 3 is 2.25 bits per heavy atom. The predicted molar refractivity (Wildman–Crippen MR) is 66.7 cm³/mol. The topological polar surface area (TPSA) is 55.6 Å². The molecule has 0 radical (unpaired) electrons. The summed E-state index contributed by atoms with van der Waals surface area (Å²) in [6, 6.07) is -0.0716. The van der Waals surface area contributed by atoms with Crippen molar-refractivity contribution in [2.75, 3.05) is 20.2 Å². The van der Waals surface area contributed by atoms with Gasteiger partial charge in [-0.2, -0.15) is 0 Å². The first-order chi connectivity index (χ1) is 7.06. The maximum atomic E-state index is 11.9. The van der Waals surface area contributed by atoms with E-state index in [4.69, 9.17) is 10.5 Å². The van der Waals surface area contributed by atoms with Gasteiger partial charge in [0.2, 0.25) is 5.91 Å². The zero-order chi connectivity index (χ0) is 11.4. The molecule has 96 valence electrons. The van der Waals surface area contributed by atoms with Crippen LogP contribution in [0, 0.1) is 5.92 Å². The van der Waals surface area contributed by atoms with Crippen LogP contribution in [0.15, 0.2) is 0 Å². The highest BCUT2D eigenvalue weighted by molar-refractivity contribution is 5.85. The minimum atomic E-state index is -0.0795. The van der Waals surface area contributed by atoms with E-state index in [0.717, 1.165) is 25.9 Å². The molecule has 1 heterocycles. The number of carbonyl (C=O) groups excluding carboxylic acids is 1. The number of likely N-dealkylation sites (tertiary alicyclic amines) is 1. The van der Waals surface area contributed by atoms with Crippen molar-refractivity contribution in [1.82, 2.24) is 4.90 Å². The second kappa shape index (κ2) is 7.09. The fraction of sp³-hybridized carbons (Fsp3) is 0.909. The monoisotopic (exact) mass is 250 g/mol. The number of halogens is 1. The molecule has 0 aromatic carbocycles. The number of carbonyl (C=O) groups is 1. The van der Waals surface area contributed by atoms with Crippen molar-refractivity contribution in [3.8, 4) is 0 Å². The summed E-state index contributed by atoms with van der Waals surface area (Å²) in [5.41, 5.74) is 5.72. The van der Waals surface area contributed by atoms with Gasteiger partial charge in [-0.05, 0) is 19.8 Å². The lowest BCUT2D eigenvalue weighted by molar-refractivity contribution is -0.137. The minimum absolute atomic E-state index is 0. The van der Waals surface area contributed by atoms with E-state index >= 15 is 0 Å². The van der Waals surface area contributed by atoms with Crippen molar-refractivity contribution in [1.29, 1.82) is 0 Å². The van der Waals surface area contributed by atoms with Crippen LogP contribution in [0.3, 0.4) is 0 Å². The molecule has 0 saturated carbocycles. The molecule has 0 spiro atoms. The Kier molecular flexibility index (Phi) is 6.95. The summed E-state index contributed by atoms with van der Waals surface area (Å²) in [7, 11) is 1.73. The van der Waals surface area contributed by atoms with Crippen molar-refractivity contribution in [3.05, 3.63) is 0 Å². The van der Waals surface area contributed by atoms with Crippen LogP contribution in [-0.2, 0) is 9.53 Å². The lowest BCUT2D eigenvalue weighted by atomic mass is 10.0. The molecule has 2 atom stereocenters. The number of nitrogens with two attached hydrogens (primary N) is 1. The zero-order valence-corrected chi connectivity index (χ0v) is 11.1. The number of ether oxygens (including phenoxy) is 1. The summed E-state index contributed by atoms with van der Waals surface area (Å²) in [5.74, 6) is 0.101. The fourth-order valence-electron chi connectivity index (χ4n) is 1.82. The average Bonchev–Trinajstić information content (AvgIpc) is 2.27. The van der Waals surface area contributed by atoms with E-state index in [2.05, 4.69) is 0 Å². The number of hydrogen-bond donors (Lipinski definition) is 1. The molecule has 5 heteroatoms. The summed E-state index contributed by atoms with van der Waals surface area (Å²) in [5, 5.41) is 0. The smallest absolute Gasteiger partial charge is 0.226 e. The number of amides is 1. The molecule has 1 fully saturated rings.